The van der Waals surface area contributed by atoms with Crippen molar-refractivity contribution in [2.45, 2.75) is 18.9 Å². The van der Waals surface area contributed by atoms with Crippen molar-refractivity contribution in [2.24, 2.45) is 0 Å². The summed E-state index contributed by atoms with van der Waals surface area (Å²) in [6.45, 7) is 2.63. The van der Waals surface area contributed by atoms with Crippen molar-refractivity contribution in [1.82, 2.24) is 4.90 Å². The summed E-state index contributed by atoms with van der Waals surface area (Å²) in [6.07, 6.45) is 1.91. The minimum absolute atomic E-state index is 0.120. The molecule has 1 aliphatic rings. The normalized spacial score (nSPS) is 15.7. The lowest BCUT2D eigenvalue weighted by Gasteiger charge is -2.24. The number of rotatable bonds is 6. The number of esters is 1. The summed E-state index contributed by atoms with van der Waals surface area (Å²) >= 11 is 0. The lowest BCUT2D eigenvalue weighted by atomic mass is 10.1. The highest BCUT2D eigenvalue weighted by atomic mass is 16.6. The summed E-state index contributed by atoms with van der Waals surface area (Å²) in [5, 5.41) is 10.9. The van der Waals surface area contributed by atoms with Crippen molar-refractivity contribution in [3.63, 3.8) is 0 Å². The number of carbonyl (C=O) groups is 1. The van der Waals surface area contributed by atoms with Crippen LogP contribution in [0.4, 0.5) is 5.69 Å². The second-order valence-electron chi connectivity index (χ2n) is 6.12. The Bertz CT molecular complexity index is 742. The summed E-state index contributed by atoms with van der Waals surface area (Å²) in [6, 6.07) is 15.2. The number of nitro groups is 1. The van der Waals surface area contributed by atoms with Gasteiger partial charge in [0.05, 0.1) is 10.5 Å². The minimum Gasteiger partial charge on any atom is -0.453 e. The fourth-order valence-electron chi connectivity index (χ4n) is 3.02. The van der Waals surface area contributed by atoms with Gasteiger partial charge in [-0.05, 0) is 37.6 Å². The molecule has 130 valence electrons. The fourth-order valence-corrected chi connectivity index (χ4v) is 3.02. The van der Waals surface area contributed by atoms with Gasteiger partial charge in [-0.1, -0.05) is 36.4 Å². The standard InChI is InChI=1S/C19H20N2O4/c22-19(16-9-6-10-17(13-16)21(23)24)25-18(14-20-11-4-5-12-20)15-7-2-1-3-8-15/h1-3,6-10,13,18H,4-5,11-12,14H2. The molecule has 0 amide bonds. The van der Waals surface area contributed by atoms with Crippen LogP contribution < -0.4 is 0 Å². The molecule has 25 heavy (non-hydrogen) atoms. The van der Waals surface area contributed by atoms with Crippen molar-refractivity contribution < 1.29 is 14.5 Å². The van der Waals surface area contributed by atoms with Crippen molar-refractivity contribution in [2.75, 3.05) is 19.6 Å². The van der Waals surface area contributed by atoms with Crippen LogP contribution >= 0.6 is 0 Å². The number of hydrogen-bond acceptors (Lipinski definition) is 5. The van der Waals surface area contributed by atoms with Gasteiger partial charge < -0.3 is 4.74 Å². The molecule has 6 heteroatoms. The maximum Gasteiger partial charge on any atom is 0.339 e. The highest BCUT2D eigenvalue weighted by Crippen LogP contribution is 2.23. The first-order valence-corrected chi connectivity index (χ1v) is 8.36. The van der Waals surface area contributed by atoms with Crippen molar-refractivity contribution in [3.05, 3.63) is 75.8 Å². The predicted molar refractivity (Wildman–Crippen MR) is 93.4 cm³/mol. The second-order valence-corrected chi connectivity index (χ2v) is 6.12. The van der Waals surface area contributed by atoms with Crippen LogP contribution in [0, 0.1) is 10.1 Å². The van der Waals surface area contributed by atoms with Gasteiger partial charge in [-0.2, -0.15) is 0 Å². The largest absolute Gasteiger partial charge is 0.453 e. The Kier molecular flexibility index (Phi) is 5.40. The molecule has 6 nitrogen and oxygen atoms in total. The number of non-ortho nitro benzene ring substituents is 1. The molecule has 1 atom stereocenters. The van der Waals surface area contributed by atoms with Crippen LogP contribution in [-0.2, 0) is 4.74 Å². The van der Waals surface area contributed by atoms with Gasteiger partial charge in [0.15, 0.2) is 0 Å². The van der Waals surface area contributed by atoms with E-state index in [1.165, 1.54) is 24.3 Å². The zero-order valence-electron chi connectivity index (χ0n) is 13.8. The van der Waals surface area contributed by atoms with Gasteiger partial charge in [-0.15, -0.1) is 0 Å². The molecule has 0 saturated carbocycles. The third-order valence-electron chi connectivity index (χ3n) is 4.34. The molecule has 1 fully saturated rings. The summed E-state index contributed by atoms with van der Waals surface area (Å²) < 4.78 is 5.72. The number of benzene rings is 2. The van der Waals surface area contributed by atoms with Crippen LogP contribution in [0.3, 0.4) is 0 Å². The highest BCUT2D eigenvalue weighted by molar-refractivity contribution is 5.90. The summed E-state index contributed by atoms with van der Waals surface area (Å²) in [4.78, 5) is 25.2. The summed E-state index contributed by atoms with van der Waals surface area (Å²) in [5.74, 6) is -0.545. The average Bonchev–Trinajstić information content (AvgIpc) is 3.15. The number of ether oxygens (including phenoxy) is 1. The molecule has 1 unspecified atom stereocenters. The average molecular weight is 340 g/mol. The van der Waals surface area contributed by atoms with E-state index in [1.807, 2.05) is 30.3 Å². The Morgan fingerprint density at radius 2 is 1.84 bits per heavy atom. The molecule has 1 heterocycles. The molecule has 0 aromatic heterocycles. The van der Waals surface area contributed by atoms with Gasteiger partial charge in [0.2, 0.25) is 0 Å². The number of hydrogen-bond donors (Lipinski definition) is 0. The molecule has 0 bridgehead atoms. The first kappa shape index (κ1) is 17.1. The number of likely N-dealkylation sites (tertiary alicyclic amines) is 1. The highest BCUT2D eigenvalue weighted by Gasteiger charge is 2.23. The van der Waals surface area contributed by atoms with Crippen molar-refractivity contribution >= 4 is 11.7 Å². The van der Waals surface area contributed by atoms with E-state index in [9.17, 15) is 14.9 Å². The van der Waals surface area contributed by atoms with E-state index in [4.69, 9.17) is 4.74 Å². The van der Waals surface area contributed by atoms with E-state index in [2.05, 4.69) is 4.90 Å². The van der Waals surface area contributed by atoms with Crippen LogP contribution in [0.15, 0.2) is 54.6 Å². The molecule has 0 radical (unpaired) electrons. The zero-order chi connectivity index (χ0) is 17.6. The molecule has 0 spiro atoms. The Morgan fingerprint density at radius 3 is 2.52 bits per heavy atom. The Morgan fingerprint density at radius 1 is 1.12 bits per heavy atom. The Balaban J connectivity index is 1.78. The molecule has 2 aromatic carbocycles. The summed E-state index contributed by atoms with van der Waals surface area (Å²) in [5.41, 5.74) is 0.995. The van der Waals surface area contributed by atoms with Crippen LogP contribution in [0.1, 0.15) is 34.9 Å². The Hall–Kier alpha value is -2.73. The molecular formula is C19H20N2O4. The van der Waals surface area contributed by atoms with E-state index in [0.29, 0.717) is 6.54 Å². The molecule has 2 aromatic rings. The van der Waals surface area contributed by atoms with E-state index in [1.54, 1.807) is 0 Å². The maximum absolute atomic E-state index is 12.5. The summed E-state index contributed by atoms with van der Waals surface area (Å²) in [7, 11) is 0. The van der Waals surface area contributed by atoms with Gasteiger partial charge in [0, 0.05) is 18.7 Å². The van der Waals surface area contributed by atoms with Gasteiger partial charge in [0.25, 0.3) is 5.69 Å². The number of nitro benzene ring substituents is 1. The number of carbonyl (C=O) groups excluding carboxylic acids is 1. The predicted octanol–water partition coefficient (Wildman–Crippen LogP) is 3.59. The van der Waals surface area contributed by atoms with Gasteiger partial charge in [-0.3, -0.25) is 15.0 Å². The van der Waals surface area contributed by atoms with Crippen LogP contribution in [0.2, 0.25) is 0 Å². The van der Waals surface area contributed by atoms with E-state index in [-0.39, 0.29) is 11.3 Å². The van der Waals surface area contributed by atoms with E-state index in [0.717, 1.165) is 31.5 Å². The van der Waals surface area contributed by atoms with Crippen LogP contribution in [0.5, 0.6) is 0 Å². The topological polar surface area (TPSA) is 72.7 Å². The first-order valence-electron chi connectivity index (χ1n) is 8.36. The van der Waals surface area contributed by atoms with Gasteiger partial charge in [0.1, 0.15) is 6.10 Å². The van der Waals surface area contributed by atoms with Crippen LogP contribution in [-0.4, -0.2) is 35.4 Å². The quantitative estimate of drug-likeness (QED) is 0.456. The van der Waals surface area contributed by atoms with Crippen LogP contribution in [0.25, 0.3) is 0 Å². The third-order valence-corrected chi connectivity index (χ3v) is 4.34. The van der Waals surface area contributed by atoms with Crippen molar-refractivity contribution in [3.8, 4) is 0 Å². The zero-order valence-corrected chi connectivity index (χ0v) is 13.8. The SMILES string of the molecule is O=C(OC(CN1CCCC1)c1ccccc1)c1cccc([N+](=O)[O-])c1. The lowest BCUT2D eigenvalue weighted by molar-refractivity contribution is -0.384. The van der Waals surface area contributed by atoms with Crippen molar-refractivity contribution in [1.29, 1.82) is 0 Å². The fraction of sp³-hybridized carbons (Fsp3) is 0.316. The molecule has 0 aliphatic carbocycles. The first-order chi connectivity index (χ1) is 12.1. The molecular weight excluding hydrogens is 320 g/mol. The second kappa shape index (κ2) is 7.90. The van der Waals surface area contributed by atoms with E-state index < -0.39 is 17.0 Å². The smallest absolute Gasteiger partial charge is 0.339 e. The Labute approximate surface area is 146 Å². The van der Waals surface area contributed by atoms with Gasteiger partial charge >= 0.3 is 5.97 Å². The molecule has 1 saturated heterocycles. The van der Waals surface area contributed by atoms with E-state index >= 15 is 0 Å². The third kappa shape index (κ3) is 4.42. The lowest BCUT2D eigenvalue weighted by Crippen LogP contribution is -2.28. The molecule has 1 aliphatic heterocycles. The maximum atomic E-state index is 12.5. The monoisotopic (exact) mass is 340 g/mol. The minimum atomic E-state index is -0.545. The molecule has 0 N–H and O–H groups in total. The number of nitrogens with zero attached hydrogens (tertiary/aromatic N) is 2. The molecule has 3 rings (SSSR count). The van der Waals surface area contributed by atoms with Gasteiger partial charge in [-0.25, -0.2) is 4.79 Å².